The first-order valence-corrected chi connectivity index (χ1v) is 7.80. The average Bonchev–Trinajstić information content (AvgIpc) is 2.92. The molecule has 1 unspecified atom stereocenters. The van der Waals surface area contributed by atoms with E-state index in [1.165, 1.54) is 24.3 Å². The van der Waals surface area contributed by atoms with E-state index < -0.39 is 11.4 Å². The predicted molar refractivity (Wildman–Crippen MR) is 82.4 cm³/mol. The number of thiocarbonyl (C=S) groups is 1. The molecule has 2 rings (SSSR count). The van der Waals surface area contributed by atoms with Gasteiger partial charge in [-0.1, -0.05) is 36.0 Å². The highest BCUT2D eigenvalue weighted by atomic mass is 35.5. The van der Waals surface area contributed by atoms with Crippen LogP contribution in [0.2, 0.25) is 5.02 Å². The number of benzene rings is 1. The van der Waals surface area contributed by atoms with Crippen LogP contribution in [0.25, 0.3) is 0 Å². The molecule has 0 saturated carbocycles. The van der Waals surface area contributed by atoms with E-state index in [-0.39, 0.29) is 21.6 Å². The van der Waals surface area contributed by atoms with E-state index in [0.29, 0.717) is 18.1 Å². The molecule has 0 aliphatic carbocycles. The molecule has 0 amide bonds. The summed E-state index contributed by atoms with van der Waals surface area (Å²) in [6.45, 7) is 1.41. The minimum absolute atomic E-state index is 0.121. The molecule has 0 spiro atoms. The number of hydrogen-bond acceptors (Lipinski definition) is 3. The monoisotopic (exact) mass is 337 g/mol. The summed E-state index contributed by atoms with van der Waals surface area (Å²) in [6.07, 6.45) is 0.0168. The Labute approximate surface area is 131 Å². The van der Waals surface area contributed by atoms with E-state index in [1.807, 2.05) is 0 Å². The zero-order chi connectivity index (χ0) is 14.8. The van der Waals surface area contributed by atoms with Crippen LogP contribution in [0.4, 0.5) is 8.78 Å². The zero-order valence-corrected chi connectivity index (χ0v) is 12.9. The molecule has 2 nitrogen and oxygen atoms in total. The lowest BCUT2D eigenvalue weighted by Gasteiger charge is -2.26. The summed E-state index contributed by atoms with van der Waals surface area (Å²) >= 11 is 11.0. The van der Waals surface area contributed by atoms with Gasteiger partial charge in [-0.2, -0.15) is 8.78 Å². The van der Waals surface area contributed by atoms with Crippen molar-refractivity contribution in [3.8, 4) is 0 Å². The second kappa shape index (κ2) is 6.56. The highest BCUT2D eigenvalue weighted by Crippen LogP contribution is 2.42. The molecule has 110 valence electrons. The van der Waals surface area contributed by atoms with Crippen molar-refractivity contribution in [3.63, 3.8) is 0 Å². The molecule has 0 radical (unpaired) electrons. The minimum atomic E-state index is -3.37. The SMILES string of the molecule is OC(c1ccc(Cl)cc1)C(F)(F)SC(=S)N1CCCC1. The van der Waals surface area contributed by atoms with Crippen molar-refractivity contribution >= 4 is 39.9 Å². The molecule has 1 aromatic rings. The van der Waals surface area contributed by atoms with Crippen LogP contribution >= 0.6 is 35.6 Å². The highest BCUT2D eigenvalue weighted by Gasteiger charge is 2.42. The summed E-state index contributed by atoms with van der Waals surface area (Å²) in [5.41, 5.74) is 0.121. The first kappa shape index (κ1) is 15.9. The molecular formula is C13H14ClF2NOS2. The van der Waals surface area contributed by atoms with E-state index in [4.69, 9.17) is 23.8 Å². The number of nitrogens with zero attached hydrogens (tertiary/aromatic N) is 1. The molecule has 1 aliphatic heterocycles. The van der Waals surface area contributed by atoms with Crippen molar-refractivity contribution in [1.29, 1.82) is 0 Å². The van der Waals surface area contributed by atoms with Gasteiger partial charge in [0, 0.05) is 18.1 Å². The van der Waals surface area contributed by atoms with Gasteiger partial charge in [0.1, 0.15) is 4.32 Å². The molecule has 1 aromatic carbocycles. The van der Waals surface area contributed by atoms with Crippen LogP contribution < -0.4 is 0 Å². The van der Waals surface area contributed by atoms with E-state index in [9.17, 15) is 13.9 Å². The Morgan fingerprint density at radius 3 is 2.40 bits per heavy atom. The number of alkyl halides is 2. The molecule has 1 atom stereocenters. The number of aliphatic hydroxyl groups is 1. The number of rotatable bonds is 3. The first-order chi connectivity index (χ1) is 9.40. The Morgan fingerprint density at radius 2 is 1.85 bits per heavy atom. The van der Waals surface area contributed by atoms with Gasteiger partial charge in [0.25, 0.3) is 0 Å². The molecule has 1 saturated heterocycles. The van der Waals surface area contributed by atoms with Gasteiger partial charge in [0.05, 0.1) is 0 Å². The lowest BCUT2D eigenvalue weighted by molar-refractivity contribution is -0.0347. The average molecular weight is 338 g/mol. The van der Waals surface area contributed by atoms with Crippen molar-refractivity contribution in [3.05, 3.63) is 34.9 Å². The van der Waals surface area contributed by atoms with Crippen LogP contribution in [-0.4, -0.2) is 32.7 Å². The number of halogens is 3. The largest absolute Gasteiger partial charge is 0.381 e. The molecular weight excluding hydrogens is 324 g/mol. The molecule has 1 aliphatic rings. The fraction of sp³-hybridized carbons (Fsp3) is 0.462. The van der Waals surface area contributed by atoms with Crippen LogP contribution in [0.1, 0.15) is 24.5 Å². The summed E-state index contributed by atoms with van der Waals surface area (Å²) < 4.78 is 28.3. The summed E-state index contributed by atoms with van der Waals surface area (Å²) in [7, 11) is 0. The Bertz CT molecular complexity index is 478. The van der Waals surface area contributed by atoms with Gasteiger partial charge in [0.15, 0.2) is 6.10 Å². The number of likely N-dealkylation sites (tertiary alicyclic amines) is 1. The second-order valence-electron chi connectivity index (χ2n) is 4.58. The highest BCUT2D eigenvalue weighted by molar-refractivity contribution is 8.23. The van der Waals surface area contributed by atoms with Crippen LogP contribution in [0.15, 0.2) is 24.3 Å². The molecule has 1 fully saturated rings. The Balaban J connectivity index is 2.04. The zero-order valence-electron chi connectivity index (χ0n) is 10.6. The quantitative estimate of drug-likeness (QED) is 0.840. The smallest absolute Gasteiger partial charge is 0.329 e. The van der Waals surface area contributed by atoms with Gasteiger partial charge in [0.2, 0.25) is 0 Å². The molecule has 7 heteroatoms. The maximum atomic E-state index is 14.1. The van der Waals surface area contributed by atoms with Crippen molar-refractivity contribution in [1.82, 2.24) is 4.90 Å². The molecule has 1 heterocycles. The summed E-state index contributed by atoms with van der Waals surface area (Å²) in [6, 6.07) is 5.72. The Morgan fingerprint density at radius 1 is 1.30 bits per heavy atom. The van der Waals surface area contributed by atoms with Crippen molar-refractivity contribution in [2.24, 2.45) is 0 Å². The molecule has 20 heavy (non-hydrogen) atoms. The third-order valence-electron chi connectivity index (χ3n) is 3.09. The topological polar surface area (TPSA) is 23.5 Å². The van der Waals surface area contributed by atoms with E-state index in [2.05, 4.69) is 0 Å². The van der Waals surface area contributed by atoms with Gasteiger partial charge in [-0.15, -0.1) is 0 Å². The van der Waals surface area contributed by atoms with Crippen molar-refractivity contribution < 1.29 is 13.9 Å². The minimum Gasteiger partial charge on any atom is -0.381 e. The number of aliphatic hydroxyl groups excluding tert-OH is 1. The van der Waals surface area contributed by atoms with Gasteiger partial charge < -0.3 is 10.0 Å². The van der Waals surface area contributed by atoms with Gasteiger partial charge in [-0.25, -0.2) is 0 Å². The molecule has 0 aromatic heterocycles. The summed E-state index contributed by atoms with van der Waals surface area (Å²) in [5, 5.41) is 6.91. The van der Waals surface area contributed by atoms with Crippen molar-refractivity contribution in [2.75, 3.05) is 13.1 Å². The second-order valence-corrected chi connectivity index (χ2v) is 6.79. The van der Waals surface area contributed by atoms with Crippen LogP contribution in [0.5, 0.6) is 0 Å². The van der Waals surface area contributed by atoms with Gasteiger partial charge in [-0.3, -0.25) is 0 Å². The maximum Gasteiger partial charge on any atom is 0.329 e. The first-order valence-electron chi connectivity index (χ1n) is 6.19. The van der Waals surface area contributed by atoms with E-state index in [0.717, 1.165) is 12.8 Å². The lowest BCUT2D eigenvalue weighted by Crippen LogP contribution is -2.30. The fourth-order valence-electron chi connectivity index (χ4n) is 1.98. The van der Waals surface area contributed by atoms with Gasteiger partial charge in [-0.05, 0) is 42.3 Å². The summed E-state index contributed by atoms with van der Waals surface area (Å²) in [5.74, 6) is 0. The third-order valence-corrected chi connectivity index (χ3v) is 4.78. The number of hydrogen-bond donors (Lipinski definition) is 1. The molecule has 1 N–H and O–H groups in total. The predicted octanol–water partition coefficient (Wildman–Crippen LogP) is 4.08. The lowest BCUT2D eigenvalue weighted by atomic mass is 10.1. The van der Waals surface area contributed by atoms with Crippen molar-refractivity contribution in [2.45, 2.75) is 24.2 Å². The Hall–Kier alpha value is -0.430. The van der Waals surface area contributed by atoms with E-state index >= 15 is 0 Å². The standard InChI is InChI=1S/C13H14ClF2NOS2/c14-10-5-3-9(4-6-10)11(18)13(15,16)20-12(19)17-7-1-2-8-17/h3-6,11,18H,1-2,7-8H2. The van der Waals surface area contributed by atoms with Crippen LogP contribution in [0.3, 0.4) is 0 Å². The normalized spacial score (nSPS) is 17.3. The van der Waals surface area contributed by atoms with Crippen LogP contribution in [-0.2, 0) is 0 Å². The summed E-state index contributed by atoms with van der Waals surface area (Å²) in [4.78, 5) is 1.75. The fourth-order valence-corrected chi connectivity index (χ4v) is 3.41. The van der Waals surface area contributed by atoms with Crippen LogP contribution in [0, 0.1) is 0 Å². The molecule has 0 bridgehead atoms. The number of thioether (sulfide) groups is 1. The Kier molecular flexibility index (Phi) is 5.23. The third kappa shape index (κ3) is 3.81. The van der Waals surface area contributed by atoms with Gasteiger partial charge >= 0.3 is 5.25 Å². The maximum absolute atomic E-state index is 14.1. The van der Waals surface area contributed by atoms with E-state index in [1.54, 1.807) is 4.90 Å².